The lowest BCUT2D eigenvalue weighted by atomic mass is 10.0. The molecule has 0 heterocycles. The number of nitrogens with zero attached hydrogens (tertiary/aromatic N) is 1. The number of hydrogen-bond donors (Lipinski definition) is 1. The van der Waals surface area contributed by atoms with Gasteiger partial charge in [-0.15, -0.1) is 0 Å². The van der Waals surface area contributed by atoms with E-state index >= 15 is 0 Å². The first-order valence-electron chi connectivity index (χ1n) is 42.6. The molecule has 2 unspecified atom stereocenters. The molecule has 0 spiro atoms. The van der Waals surface area contributed by atoms with Gasteiger partial charge in [-0.2, -0.15) is 0 Å². The first kappa shape index (κ1) is 99.1. The van der Waals surface area contributed by atoms with Crippen LogP contribution in [0.1, 0.15) is 335 Å². The van der Waals surface area contributed by atoms with Crippen molar-refractivity contribution in [3.8, 4) is 0 Å². The van der Waals surface area contributed by atoms with E-state index in [1.54, 1.807) is 0 Å². The number of quaternary nitrogens is 1. The van der Waals surface area contributed by atoms with Crippen molar-refractivity contribution in [1.82, 2.24) is 0 Å². The van der Waals surface area contributed by atoms with Gasteiger partial charge in [-0.25, -0.2) is 4.79 Å². The van der Waals surface area contributed by atoms with Crippen molar-refractivity contribution in [3.63, 3.8) is 0 Å². The van der Waals surface area contributed by atoms with Crippen LogP contribution in [-0.4, -0.2) is 87.4 Å². The lowest BCUT2D eigenvalue weighted by molar-refractivity contribution is -0.870. The van der Waals surface area contributed by atoms with Gasteiger partial charge in [0.15, 0.2) is 6.10 Å². The number of carbonyl (C=O) groups excluding carboxylic acids is 2. The molecule has 0 amide bonds. The summed E-state index contributed by atoms with van der Waals surface area (Å²) in [4.78, 5) is 37.8. The Bertz CT molecular complexity index is 2450. The fourth-order valence-corrected chi connectivity index (χ4v) is 11.5. The average molecular weight is 1450 g/mol. The van der Waals surface area contributed by atoms with Crippen molar-refractivity contribution in [1.29, 1.82) is 0 Å². The molecule has 1 N–H and O–H groups in total. The molecule has 0 aliphatic rings. The number of hydrogen-bond acceptors (Lipinski definition) is 7. The standard InChI is InChI=1S/C96H157NO8/c1-6-8-10-12-14-16-18-20-22-24-26-28-30-32-34-36-38-40-42-44-46-47-49-51-53-55-57-59-61-63-65-67-69-71-73-75-77-79-81-83-85-87-94(99)105-92(91-104-96(95(100)101)102-89-88-97(3,4)5)90-103-93(98)86-84-82-80-78-76-74-72-70-68-66-64-62-60-58-56-54-52-50-48-45-43-41-39-37-35-33-31-29-27-25-23-21-19-17-15-13-11-9-7-2/h8-11,14-17,20-23,26-29,32,34,38,40,44,46,49,51,55,57,61,63,67,69,73,75,92,96H,6-7,12-13,18-19,24-25,30-31,33,35-37,39,41-43,45,47-48,50,52-54,56,58-60,62,64-66,68,70-72,74,76-91H2,1-5H3/p+1/b10-8-,11-9-,16-14-,17-15-,22-20-,23-21-,28-26-,29-27-,34-32-,40-38-,46-44-,51-49-,57-55-,63-61-,69-67-,75-73-. The predicted octanol–water partition coefficient (Wildman–Crippen LogP) is 28.0. The van der Waals surface area contributed by atoms with Gasteiger partial charge in [0.25, 0.3) is 6.29 Å². The quantitative estimate of drug-likeness (QED) is 0.0211. The number of unbranched alkanes of at least 4 members (excludes halogenated alkanes) is 30. The van der Waals surface area contributed by atoms with Gasteiger partial charge in [-0.05, 0) is 141 Å². The Balaban J connectivity index is 4.09. The highest BCUT2D eigenvalue weighted by Gasteiger charge is 2.25. The molecule has 9 heteroatoms. The monoisotopic (exact) mass is 1450 g/mol. The number of ether oxygens (including phenoxy) is 4. The molecule has 0 aliphatic heterocycles. The fourth-order valence-electron chi connectivity index (χ4n) is 11.5. The Hall–Kier alpha value is -5.87. The van der Waals surface area contributed by atoms with E-state index in [0.717, 1.165) is 148 Å². The normalized spacial score (nSPS) is 13.6. The molecular formula is C96H158NO8+. The largest absolute Gasteiger partial charge is 0.477 e. The van der Waals surface area contributed by atoms with Gasteiger partial charge in [0.05, 0.1) is 34.4 Å². The number of rotatable bonds is 77. The van der Waals surface area contributed by atoms with Crippen LogP contribution in [0.2, 0.25) is 0 Å². The summed E-state index contributed by atoms with van der Waals surface area (Å²) in [5, 5.41) is 9.78. The maximum atomic E-state index is 13.0. The molecular weight excluding hydrogens is 1300 g/mol. The number of esters is 2. The second kappa shape index (κ2) is 83.8. The Morgan fingerprint density at radius 3 is 0.762 bits per heavy atom. The summed E-state index contributed by atoms with van der Waals surface area (Å²) >= 11 is 0. The van der Waals surface area contributed by atoms with Crippen molar-refractivity contribution in [2.75, 3.05) is 47.5 Å². The minimum absolute atomic E-state index is 0.175. The molecule has 2 atom stereocenters. The summed E-state index contributed by atoms with van der Waals surface area (Å²) in [7, 11) is 5.97. The predicted molar refractivity (Wildman–Crippen MR) is 456 cm³/mol. The van der Waals surface area contributed by atoms with E-state index < -0.39 is 24.3 Å². The van der Waals surface area contributed by atoms with E-state index in [-0.39, 0.29) is 32.2 Å². The van der Waals surface area contributed by atoms with Crippen molar-refractivity contribution < 1.29 is 42.9 Å². The highest BCUT2D eigenvalue weighted by Crippen LogP contribution is 2.18. The van der Waals surface area contributed by atoms with Crippen LogP contribution in [0.15, 0.2) is 194 Å². The first-order chi connectivity index (χ1) is 51.6. The summed E-state index contributed by atoms with van der Waals surface area (Å²) in [5.41, 5.74) is 0. The molecule has 0 saturated carbocycles. The highest BCUT2D eigenvalue weighted by molar-refractivity contribution is 5.71. The van der Waals surface area contributed by atoms with E-state index in [1.807, 2.05) is 21.1 Å². The van der Waals surface area contributed by atoms with Gasteiger partial charge in [-0.3, -0.25) is 9.59 Å². The van der Waals surface area contributed by atoms with Gasteiger partial charge in [0.2, 0.25) is 0 Å². The smallest absolute Gasteiger partial charge is 0.361 e. The molecule has 594 valence electrons. The van der Waals surface area contributed by atoms with Crippen LogP contribution >= 0.6 is 0 Å². The minimum Gasteiger partial charge on any atom is -0.477 e. The zero-order valence-corrected chi connectivity index (χ0v) is 68.1. The molecule has 0 fully saturated rings. The molecule has 0 aromatic carbocycles. The van der Waals surface area contributed by atoms with E-state index in [9.17, 15) is 19.5 Å². The van der Waals surface area contributed by atoms with Crippen LogP contribution in [0, 0.1) is 0 Å². The lowest BCUT2D eigenvalue weighted by Gasteiger charge is -2.25. The molecule has 0 aromatic heterocycles. The van der Waals surface area contributed by atoms with E-state index in [1.165, 1.54) is 154 Å². The van der Waals surface area contributed by atoms with Gasteiger partial charge >= 0.3 is 17.9 Å². The zero-order chi connectivity index (χ0) is 76.0. The molecule has 0 radical (unpaired) electrons. The topological polar surface area (TPSA) is 108 Å². The molecule has 9 nitrogen and oxygen atoms in total. The van der Waals surface area contributed by atoms with Gasteiger partial charge in [-0.1, -0.05) is 375 Å². The summed E-state index contributed by atoms with van der Waals surface area (Å²) in [6.45, 7) is 4.63. The van der Waals surface area contributed by atoms with Crippen LogP contribution in [0.3, 0.4) is 0 Å². The average Bonchev–Trinajstić information content (AvgIpc) is 1.18. The maximum Gasteiger partial charge on any atom is 0.361 e. The third-order valence-electron chi connectivity index (χ3n) is 17.8. The summed E-state index contributed by atoms with van der Waals surface area (Å²) in [6.07, 6.45) is 126. The van der Waals surface area contributed by atoms with Crippen LogP contribution in [0.25, 0.3) is 0 Å². The molecule has 0 aliphatic carbocycles. The maximum absolute atomic E-state index is 13.0. The number of aliphatic carboxylic acids is 1. The molecule has 0 rings (SSSR count). The Kier molecular flexibility index (Phi) is 79.1. The van der Waals surface area contributed by atoms with Gasteiger partial charge in [0, 0.05) is 12.8 Å². The van der Waals surface area contributed by atoms with Crippen molar-refractivity contribution in [2.24, 2.45) is 0 Å². The summed E-state index contributed by atoms with van der Waals surface area (Å²) < 4.78 is 23.0. The fraction of sp³-hybridized carbons (Fsp3) is 0.635. The van der Waals surface area contributed by atoms with Crippen molar-refractivity contribution in [3.05, 3.63) is 194 Å². The van der Waals surface area contributed by atoms with E-state index in [0.29, 0.717) is 23.9 Å². The van der Waals surface area contributed by atoms with E-state index in [4.69, 9.17) is 18.9 Å². The number of carbonyl (C=O) groups is 3. The molecule has 0 bridgehead atoms. The van der Waals surface area contributed by atoms with Crippen molar-refractivity contribution in [2.45, 2.75) is 347 Å². The Morgan fingerprint density at radius 1 is 0.286 bits per heavy atom. The third-order valence-corrected chi connectivity index (χ3v) is 17.8. The van der Waals surface area contributed by atoms with E-state index in [2.05, 4.69) is 208 Å². The lowest BCUT2D eigenvalue weighted by Crippen LogP contribution is -2.40. The van der Waals surface area contributed by atoms with Crippen LogP contribution in [-0.2, 0) is 33.3 Å². The molecule has 0 saturated heterocycles. The zero-order valence-electron chi connectivity index (χ0n) is 68.1. The Morgan fingerprint density at radius 2 is 0.514 bits per heavy atom. The third kappa shape index (κ3) is 85.3. The second-order valence-electron chi connectivity index (χ2n) is 29.0. The summed E-state index contributed by atoms with van der Waals surface area (Å²) in [5.74, 6) is -2.04. The molecule has 0 aromatic rings. The van der Waals surface area contributed by atoms with Crippen LogP contribution in [0.5, 0.6) is 0 Å². The van der Waals surface area contributed by atoms with Crippen LogP contribution < -0.4 is 0 Å². The number of allylic oxidation sites excluding steroid dienone is 32. The summed E-state index contributed by atoms with van der Waals surface area (Å²) in [6, 6.07) is 0. The Labute approximate surface area is 646 Å². The minimum atomic E-state index is -1.53. The number of carboxylic acids is 1. The number of carboxylic acid groups (broad SMARTS) is 1. The SMILES string of the molecule is CC/C=C\C/C=C\C/C=C\C/C=C\C/C=C\C/C=C\C/C=C\C/C=C\C/C=C\C/C=C\C/C=C\C/C=C\CCCCCCC(=O)OC(COC(=O)CCCCCCCCCCCCCCCCCCCCCCCCCCCC/C=C\C/C=C\C/C=C\C/C=C\CC)COC(OCC[N+](C)(C)C)C(=O)O. The van der Waals surface area contributed by atoms with Crippen LogP contribution in [0.4, 0.5) is 0 Å². The van der Waals surface area contributed by atoms with Gasteiger partial charge in [0.1, 0.15) is 13.2 Å². The highest BCUT2D eigenvalue weighted by atomic mass is 16.7. The second-order valence-corrected chi connectivity index (χ2v) is 29.0. The molecule has 105 heavy (non-hydrogen) atoms. The van der Waals surface area contributed by atoms with Gasteiger partial charge < -0.3 is 28.5 Å². The number of likely N-dealkylation sites (N-methyl/N-ethyl adjacent to an activating group) is 1. The first-order valence-corrected chi connectivity index (χ1v) is 42.6. The van der Waals surface area contributed by atoms with Crippen molar-refractivity contribution >= 4 is 17.9 Å².